The fourth-order valence-electron chi connectivity index (χ4n) is 0.757. The minimum Gasteiger partial charge on any atom is -0.326 e. The summed E-state index contributed by atoms with van der Waals surface area (Å²) >= 11 is 5.48. The molecule has 11 heavy (non-hydrogen) atoms. The molecule has 2 aromatic heterocycles. The predicted molar refractivity (Wildman–Crippen MR) is 36.7 cm³/mol. The van der Waals surface area contributed by atoms with Crippen LogP contribution in [0.2, 0.25) is 5.28 Å². The van der Waals surface area contributed by atoms with Crippen molar-refractivity contribution in [3.63, 3.8) is 0 Å². The van der Waals surface area contributed by atoms with Crippen molar-refractivity contribution in [1.82, 2.24) is 19.9 Å². The van der Waals surface area contributed by atoms with E-state index < -0.39 is 6.08 Å². The van der Waals surface area contributed by atoms with Crippen molar-refractivity contribution in [2.24, 2.45) is 0 Å². The van der Waals surface area contributed by atoms with E-state index in [9.17, 15) is 4.39 Å². The molecule has 6 heteroatoms. The molecule has 0 saturated carbocycles. The highest BCUT2D eigenvalue weighted by molar-refractivity contribution is 6.28. The van der Waals surface area contributed by atoms with Gasteiger partial charge in [-0.1, -0.05) is 0 Å². The second-order valence-corrected chi connectivity index (χ2v) is 2.26. The van der Waals surface area contributed by atoms with E-state index in [-0.39, 0.29) is 10.9 Å². The van der Waals surface area contributed by atoms with E-state index in [0.29, 0.717) is 5.52 Å². The van der Waals surface area contributed by atoms with Crippen LogP contribution in [-0.2, 0) is 0 Å². The van der Waals surface area contributed by atoms with Gasteiger partial charge in [-0.3, -0.25) is 0 Å². The molecule has 2 heterocycles. The van der Waals surface area contributed by atoms with Gasteiger partial charge in [0.05, 0.1) is 6.20 Å². The topological polar surface area (TPSA) is 54.5 Å². The molecular weight excluding hydrogens is 171 g/mol. The lowest BCUT2D eigenvalue weighted by Gasteiger charge is -1.84. The first-order chi connectivity index (χ1) is 5.25. The molecule has 4 nitrogen and oxygen atoms in total. The molecule has 0 spiro atoms. The largest absolute Gasteiger partial charge is 0.326 e. The van der Waals surface area contributed by atoms with E-state index in [1.165, 1.54) is 6.20 Å². The van der Waals surface area contributed by atoms with Gasteiger partial charge in [-0.2, -0.15) is 14.4 Å². The number of nitrogens with one attached hydrogen (secondary N) is 1. The summed E-state index contributed by atoms with van der Waals surface area (Å²) in [4.78, 5) is 13.0. The third-order valence-corrected chi connectivity index (χ3v) is 1.36. The second kappa shape index (κ2) is 2.13. The maximum absolute atomic E-state index is 12.3. The lowest BCUT2D eigenvalue weighted by Crippen LogP contribution is -1.87. The van der Waals surface area contributed by atoms with Gasteiger partial charge in [0.25, 0.3) is 0 Å². The first-order valence-corrected chi connectivity index (χ1v) is 3.17. The minimum atomic E-state index is -0.805. The second-order valence-electron chi connectivity index (χ2n) is 1.90. The SMILES string of the molecule is Fc1ncc2[nH]c(Cl)nc2n1. The predicted octanol–water partition coefficient (Wildman–Crippen LogP) is 1.15. The summed E-state index contributed by atoms with van der Waals surface area (Å²) in [5.74, 6) is 0. The molecule has 0 atom stereocenters. The van der Waals surface area contributed by atoms with Crippen LogP contribution in [0.1, 0.15) is 0 Å². The van der Waals surface area contributed by atoms with E-state index >= 15 is 0 Å². The molecule has 2 rings (SSSR count). The maximum atomic E-state index is 12.3. The fraction of sp³-hybridized carbons (Fsp3) is 0. The van der Waals surface area contributed by atoms with Gasteiger partial charge in [-0.05, 0) is 11.6 Å². The van der Waals surface area contributed by atoms with Crippen LogP contribution < -0.4 is 0 Å². The van der Waals surface area contributed by atoms with Crippen molar-refractivity contribution in [3.05, 3.63) is 17.6 Å². The summed E-state index contributed by atoms with van der Waals surface area (Å²) in [6.07, 6.45) is 0.483. The van der Waals surface area contributed by atoms with Crippen LogP contribution in [0, 0.1) is 6.08 Å². The van der Waals surface area contributed by atoms with Gasteiger partial charge in [-0.25, -0.2) is 4.98 Å². The summed E-state index contributed by atoms with van der Waals surface area (Å²) < 4.78 is 12.3. The van der Waals surface area contributed by atoms with Gasteiger partial charge < -0.3 is 4.98 Å². The number of halogens is 2. The first kappa shape index (κ1) is 6.48. The van der Waals surface area contributed by atoms with Crippen molar-refractivity contribution in [3.8, 4) is 0 Å². The Morgan fingerprint density at radius 3 is 3.09 bits per heavy atom. The van der Waals surface area contributed by atoms with Crippen LogP contribution in [0.15, 0.2) is 6.20 Å². The summed E-state index contributed by atoms with van der Waals surface area (Å²) in [6, 6.07) is 0. The number of hydrogen-bond donors (Lipinski definition) is 1. The number of H-pyrrole nitrogens is 1. The zero-order valence-corrected chi connectivity index (χ0v) is 5.93. The molecule has 56 valence electrons. The monoisotopic (exact) mass is 172 g/mol. The van der Waals surface area contributed by atoms with Crippen molar-refractivity contribution in [2.75, 3.05) is 0 Å². The normalized spacial score (nSPS) is 10.7. The molecule has 0 aromatic carbocycles. The van der Waals surface area contributed by atoms with Crippen LogP contribution in [0.25, 0.3) is 11.2 Å². The number of aromatic amines is 1. The number of nitrogens with zero attached hydrogens (tertiary/aromatic N) is 3. The summed E-state index contributed by atoms with van der Waals surface area (Å²) in [5.41, 5.74) is 0.763. The summed E-state index contributed by atoms with van der Waals surface area (Å²) in [6.45, 7) is 0. The van der Waals surface area contributed by atoms with Gasteiger partial charge in [0.15, 0.2) is 5.65 Å². The zero-order chi connectivity index (χ0) is 7.84. The molecule has 2 aromatic rings. The summed E-state index contributed by atoms with van der Waals surface area (Å²) in [7, 11) is 0. The van der Waals surface area contributed by atoms with Crippen LogP contribution in [0.5, 0.6) is 0 Å². The Bertz CT molecular complexity index is 398. The fourth-order valence-corrected chi connectivity index (χ4v) is 0.939. The molecule has 0 fully saturated rings. The van der Waals surface area contributed by atoms with E-state index in [1.54, 1.807) is 0 Å². The Labute approximate surface area is 65.4 Å². The Balaban J connectivity index is 2.82. The highest BCUT2D eigenvalue weighted by Crippen LogP contribution is 2.10. The lowest BCUT2D eigenvalue weighted by molar-refractivity contribution is 0.544. The van der Waals surface area contributed by atoms with Crippen LogP contribution in [-0.4, -0.2) is 19.9 Å². The third-order valence-electron chi connectivity index (χ3n) is 1.18. The number of rotatable bonds is 0. The van der Waals surface area contributed by atoms with E-state index in [0.717, 1.165) is 0 Å². The zero-order valence-electron chi connectivity index (χ0n) is 5.17. The van der Waals surface area contributed by atoms with Crippen molar-refractivity contribution >= 4 is 22.8 Å². The van der Waals surface area contributed by atoms with Gasteiger partial charge in [0.2, 0.25) is 5.28 Å². The van der Waals surface area contributed by atoms with Crippen molar-refractivity contribution < 1.29 is 4.39 Å². The van der Waals surface area contributed by atoms with Crippen LogP contribution in [0.4, 0.5) is 4.39 Å². The molecule has 0 saturated heterocycles. The van der Waals surface area contributed by atoms with E-state index in [4.69, 9.17) is 11.6 Å². The van der Waals surface area contributed by atoms with Crippen molar-refractivity contribution in [1.29, 1.82) is 0 Å². The number of aromatic nitrogens is 4. The van der Waals surface area contributed by atoms with Gasteiger partial charge >= 0.3 is 6.08 Å². The average Bonchev–Trinajstić information content (AvgIpc) is 2.27. The molecule has 1 N–H and O–H groups in total. The Morgan fingerprint density at radius 2 is 2.27 bits per heavy atom. The minimum absolute atomic E-state index is 0.180. The lowest BCUT2D eigenvalue weighted by atomic mass is 10.6. The number of imidazole rings is 1. The first-order valence-electron chi connectivity index (χ1n) is 2.79. The highest BCUT2D eigenvalue weighted by Gasteiger charge is 2.02. The number of hydrogen-bond acceptors (Lipinski definition) is 3. The van der Waals surface area contributed by atoms with Crippen molar-refractivity contribution in [2.45, 2.75) is 0 Å². The van der Waals surface area contributed by atoms with Gasteiger partial charge in [0.1, 0.15) is 5.52 Å². The molecule has 0 aliphatic rings. The molecule has 0 bridgehead atoms. The molecule has 0 aliphatic heterocycles. The molecular formula is C5H2ClFN4. The molecule has 0 radical (unpaired) electrons. The summed E-state index contributed by atoms with van der Waals surface area (Å²) in [5, 5.41) is 0.180. The van der Waals surface area contributed by atoms with Crippen LogP contribution in [0.3, 0.4) is 0 Å². The van der Waals surface area contributed by atoms with E-state index in [1.807, 2.05) is 0 Å². The molecule has 0 amide bonds. The Kier molecular flexibility index (Phi) is 1.25. The Hall–Kier alpha value is -1.23. The number of fused-ring (bicyclic) bond motifs is 1. The molecule has 0 unspecified atom stereocenters. The average molecular weight is 173 g/mol. The Morgan fingerprint density at radius 1 is 1.45 bits per heavy atom. The van der Waals surface area contributed by atoms with E-state index in [2.05, 4.69) is 19.9 Å². The standard InChI is InChI=1S/C5H2ClFN4/c6-4-9-2-1-8-5(7)11-3(2)10-4/h1H,(H,8,9,10,11). The molecule has 0 aliphatic carbocycles. The quantitative estimate of drug-likeness (QED) is 0.479. The third kappa shape index (κ3) is 1.03. The van der Waals surface area contributed by atoms with Crippen LogP contribution >= 0.6 is 11.6 Å². The highest BCUT2D eigenvalue weighted by atomic mass is 35.5. The van der Waals surface area contributed by atoms with Gasteiger partial charge in [-0.15, -0.1) is 0 Å². The maximum Gasteiger partial charge on any atom is 0.310 e. The smallest absolute Gasteiger partial charge is 0.310 e. The van der Waals surface area contributed by atoms with Gasteiger partial charge in [0, 0.05) is 0 Å².